The number of aryl methyl sites for hydroxylation is 1. The number of nitro groups is 1. The van der Waals surface area contributed by atoms with Crippen LogP contribution in [0.2, 0.25) is 0 Å². The number of aromatic hydroxyl groups is 1. The number of hydrogen-bond acceptors (Lipinski definition) is 5. The minimum atomic E-state index is -0.732. The van der Waals surface area contributed by atoms with Gasteiger partial charge in [0, 0.05) is 18.1 Å². The standard InChI is InChI=1S/C18H19NO5/c1-24-17-12-14(11-15(18(17)21)19(22)23)16(20)10-6-5-9-13-7-3-2-4-8-13/h2-4,7-8,11-12,21H,5-6,9-10H2,1H3. The van der Waals surface area contributed by atoms with Gasteiger partial charge in [0.2, 0.25) is 5.75 Å². The molecule has 0 aliphatic heterocycles. The van der Waals surface area contributed by atoms with Crippen LogP contribution in [0.4, 0.5) is 5.69 Å². The molecule has 0 saturated heterocycles. The highest BCUT2D eigenvalue weighted by molar-refractivity contribution is 5.97. The van der Waals surface area contributed by atoms with Crippen LogP contribution in [-0.4, -0.2) is 22.9 Å². The molecule has 0 aromatic heterocycles. The largest absolute Gasteiger partial charge is 0.500 e. The molecular weight excluding hydrogens is 310 g/mol. The topological polar surface area (TPSA) is 89.7 Å². The van der Waals surface area contributed by atoms with Gasteiger partial charge in [-0.2, -0.15) is 0 Å². The van der Waals surface area contributed by atoms with Crippen LogP contribution in [0.5, 0.6) is 11.5 Å². The predicted molar refractivity (Wildman–Crippen MR) is 89.6 cm³/mol. The van der Waals surface area contributed by atoms with E-state index in [9.17, 15) is 20.0 Å². The Hall–Kier alpha value is -2.89. The molecule has 1 N–H and O–H groups in total. The number of ether oxygens (including phenoxy) is 1. The van der Waals surface area contributed by atoms with E-state index in [1.807, 2.05) is 30.3 Å². The average molecular weight is 329 g/mol. The number of phenolic OH excluding ortho intramolecular Hbond substituents is 1. The zero-order chi connectivity index (χ0) is 17.5. The summed E-state index contributed by atoms with van der Waals surface area (Å²) in [6.45, 7) is 0. The molecule has 2 aromatic rings. The monoisotopic (exact) mass is 329 g/mol. The van der Waals surface area contributed by atoms with Gasteiger partial charge in [0.25, 0.3) is 0 Å². The van der Waals surface area contributed by atoms with E-state index < -0.39 is 16.4 Å². The number of carbonyl (C=O) groups excluding carboxylic acids is 1. The van der Waals surface area contributed by atoms with Gasteiger partial charge in [-0.15, -0.1) is 0 Å². The highest BCUT2D eigenvalue weighted by atomic mass is 16.6. The number of phenols is 1. The Bertz CT molecular complexity index is 728. The maximum absolute atomic E-state index is 12.3. The lowest BCUT2D eigenvalue weighted by molar-refractivity contribution is -0.386. The number of rotatable bonds is 8. The first-order valence-corrected chi connectivity index (χ1v) is 7.65. The van der Waals surface area contributed by atoms with Crippen LogP contribution in [-0.2, 0) is 6.42 Å². The van der Waals surface area contributed by atoms with Crippen molar-refractivity contribution in [3.8, 4) is 11.5 Å². The average Bonchev–Trinajstić information content (AvgIpc) is 2.59. The summed E-state index contributed by atoms with van der Waals surface area (Å²) in [7, 11) is 1.28. The van der Waals surface area contributed by atoms with Gasteiger partial charge >= 0.3 is 5.69 Å². The lowest BCUT2D eigenvalue weighted by atomic mass is 10.0. The van der Waals surface area contributed by atoms with E-state index in [1.165, 1.54) is 18.7 Å². The maximum atomic E-state index is 12.3. The molecule has 0 aliphatic carbocycles. The zero-order valence-electron chi connectivity index (χ0n) is 13.4. The van der Waals surface area contributed by atoms with E-state index in [4.69, 9.17) is 4.74 Å². The van der Waals surface area contributed by atoms with E-state index in [0.717, 1.165) is 18.9 Å². The summed E-state index contributed by atoms with van der Waals surface area (Å²) in [4.78, 5) is 22.5. The molecule has 2 rings (SSSR count). The minimum Gasteiger partial charge on any atom is -0.500 e. The van der Waals surface area contributed by atoms with Crippen molar-refractivity contribution in [1.82, 2.24) is 0 Å². The Labute approximate surface area is 139 Å². The Morgan fingerprint density at radius 3 is 2.54 bits per heavy atom. The summed E-state index contributed by atoms with van der Waals surface area (Å²) < 4.78 is 4.90. The summed E-state index contributed by atoms with van der Waals surface area (Å²) in [5, 5.41) is 20.7. The first-order chi connectivity index (χ1) is 11.5. The molecule has 126 valence electrons. The second kappa shape index (κ2) is 8.10. The van der Waals surface area contributed by atoms with E-state index in [-0.39, 0.29) is 23.5 Å². The third kappa shape index (κ3) is 4.32. The fourth-order valence-corrected chi connectivity index (χ4v) is 2.45. The molecule has 0 unspecified atom stereocenters. The first-order valence-electron chi connectivity index (χ1n) is 7.65. The van der Waals surface area contributed by atoms with Gasteiger partial charge in [-0.25, -0.2) is 0 Å². The number of benzene rings is 2. The van der Waals surface area contributed by atoms with Crippen LogP contribution < -0.4 is 4.74 Å². The molecule has 0 amide bonds. The van der Waals surface area contributed by atoms with E-state index in [1.54, 1.807) is 0 Å². The molecule has 0 bridgehead atoms. The summed E-state index contributed by atoms with van der Waals surface area (Å²) >= 11 is 0. The van der Waals surface area contributed by atoms with E-state index in [0.29, 0.717) is 6.42 Å². The summed E-state index contributed by atoms with van der Waals surface area (Å²) in [5.74, 6) is -0.843. The van der Waals surface area contributed by atoms with Crippen LogP contribution >= 0.6 is 0 Å². The minimum absolute atomic E-state index is 0.0724. The number of unbranched alkanes of at least 4 members (excludes halogenated alkanes) is 1. The molecule has 0 atom stereocenters. The smallest absolute Gasteiger partial charge is 0.315 e. The predicted octanol–water partition coefficient (Wildman–Crippen LogP) is 3.90. The number of Topliss-reactive ketones (excluding diaryl/α,β-unsaturated/α-hetero) is 1. The molecule has 0 aliphatic rings. The summed E-state index contributed by atoms with van der Waals surface area (Å²) in [6, 6.07) is 12.4. The Kier molecular flexibility index (Phi) is 5.89. The van der Waals surface area contributed by atoms with Crippen molar-refractivity contribution in [2.45, 2.75) is 25.7 Å². The lowest BCUT2D eigenvalue weighted by Crippen LogP contribution is -2.02. The molecule has 6 nitrogen and oxygen atoms in total. The quantitative estimate of drug-likeness (QED) is 0.343. The molecule has 0 saturated carbocycles. The fourth-order valence-electron chi connectivity index (χ4n) is 2.45. The van der Waals surface area contributed by atoms with Crippen molar-refractivity contribution >= 4 is 11.5 Å². The molecule has 0 spiro atoms. The van der Waals surface area contributed by atoms with Crippen LogP contribution in [0.25, 0.3) is 0 Å². The van der Waals surface area contributed by atoms with E-state index >= 15 is 0 Å². The number of nitro benzene ring substituents is 1. The Morgan fingerprint density at radius 1 is 1.21 bits per heavy atom. The number of hydrogen-bond donors (Lipinski definition) is 1. The van der Waals surface area contributed by atoms with Gasteiger partial charge < -0.3 is 9.84 Å². The van der Waals surface area contributed by atoms with Crippen LogP contribution in [0, 0.1) is 10.1 Å². The lowest BCUT2D eigenvalue weighted by Gasteiger charge is -2.07. The third-order valence-corrected chi connectivity index (χ3v) is 3.76. The van der Waals surface area contributed by atoms with E-state index in [2.05, 4.69) is 0 Å². The summed E-state index contributed by atoms with van der Waals surface area (Å²) in [5.41, 5.74) is 0.866. The van der Waals surface area contributed by atoms with Gasteiger partial charge in [-0.1, -0.05) is 30.3 Å². The molecule has 6 heteroatoms. The third-order valence-electron chi connectivity index (χ3n) is 3.76. The van der Waals surface area contributed by atoms with Crippen molar-refractivity contribution in [3.63, 3.8) is 0 Å². The molecule has 24 heavy (non-hydrogen) atoms. The van der Waals surface area contributed by atoms with Crippen molar-refractivity contribution < 1.29 is 19.6 Å². The fraction of sp³-hybridized carbons (Fsp3) is 0.278. The SMILES string of the molecule is COc1cc(C(=O)CCCCc2ccccc2)cc([N+](=O)[O-])c1O. The highest BCUT2D eigenvalue weighted by Gasteiger charge is 2.22. The summed E-state index contributed by atoms with van der Waals surface area (Å²) in [6.07, 6.45) is 2.71. The molecular formula is C18H19NO5. The molecule has 0 radical (unpaired) electrons. The van der Waals surface area contributed by atoms with Gasteiger partial charge in [-0.3, -0.25) is 14.9 Å². The van der Waals surface area contributed by atoms with Crippen molar-refractivity contribution in [3.05, 3.63) is 63.7 Å². The number of ketones is 1. The highest BCUT2D eigenvalue weighted by Crippen LogP contribution is 2.37. The van der Waals surface area contributed by atoms with Gasteiger partial charge in [0.1, 0.15) is 0 Å². The van der Waals surface area contributed by atoms with Crippen LogP contribution in [0.1, 0.15) is 35.2 Å². The number of carbonyl (C=O) groups is 1. The van der Waals surface area contributed by atoms with Crippen LogP contribution in [0.3, 0.4) is 0 Å². The van der Waals surface area contributed by atoms with Crippen LogP contribution in [0.15, 0.2) is 42.5 Å². The Morgan fingerprint density at radius 2 is 1.92 bits per heavy atom. The first kappa shape index (κ1) is 17.5. The maximum Gasteiger partial charge on any atom is 0.315 e. The Balaban J connectivity index is 1.99. The molecule has 2 aromatic carbocycles. The normalized spacial score (nSPS) is 10.4. The van der Waals surface area contributed by atoms with Gasteiger partial charge in [0.05, 0.1) is 12.0 Å². The molecule has 0 fully saturated rings. The molecule has 0 heterocycles. The zero-order valence-corrected chi connectivity index (χ0v) is 13.4. The van der Waals surface area contributed by atoms with Gasteiger partial charge in [-0.05, 0) is 30.9 Å². The van der Waals surface area contributed by atoms with Crippen molar-refractivity contribution in [2.24, 2.45) is 0 Å². The number of methoxy groups -OCH3 is 1. The van der Waals surface area contributed by atoms with Crippen molar-refractivity contribution in [2.75, 3.05) is 7.11 Å². The number of nitrogens with zero attached hydrogens (tertiary/aromatic N) is 1. The second-order valence-corrected chi connectivity index (χ2v) is 5.42. The van der Waals surface area contributed by atoms with Gasteiger partial charge in [0.15, 0.2) is 11.5 Å². The van der Waals surface area contributed by atoms with Crippen molar-refractivity contribution in [1.29, 1.82) is 0 Å². The second-order valence-electron chi connectivity index (χ2n) is 5.42.